The predicted molar refractivity (Wildman–Crippen MR) is 70.5 cm³/mol. The molecular formula is C14H22N2O. The summed E-state index contributed by atoms with van der Waals surface area (Å²) in [6.45, 7) is 6.00. The third kappa shape index (κ3) is 3.30. The van der Waals surface area contributed by atoms with Crippen LogP contribution < -0.4 is 0 Å². The highest BCUT2D eigenvalue weighted by Gasteiger charge is 2.25. The molecule has 17 heavy (non-hydrogen) atoms. The number of nitrogens with zero attached hydrogens (tertiary/aromatic N) is 2. The zero-order valence-corrected chi connectivity index (χ0v) is 11.3. The molecule has 1 rings (SSSR count). The molecule has 0 aliphatic heterocycles. The van der Waals surface area contributed by atoms with E-state index in [9.17, 15) is 4.79 Å². The summed E-state index contributed by atoms with van der Waals surface area (Å²) in [4.78, 5) is 12.4. The topological polar surface area (TPSA) is 23.6 Å². The molecule has 3 heteroatoms. The minimum absolute atomic E-state index is 0.110. The number of carbonyl (C=O) groups is 1. The summed E-state index contributed by atoms with van der Waals surface area (Å²) in [7, 11) is 3.80. The molecule has 1 amide bonds. The molecule has 0 aliphatic rings. The Bertz CT molecular complexity index is 352. The van der Waals surface area contributed by atoms with Crippen LogP contribution in [0, 0.1) is 0 Å². The maximum Gasteiger partial charge on any atom is 0.244 e. The fourth-order valence-electron chi connectivity index (χ4n) is 2.00. The number of amides is 1. The van der Waals surface area contributed by atoms with E-state index in [-0.39, 0.29) is 17.9 Å². The van der Waals surface area contributed by atoms with Gasteiger partial charge in [0.05, 0.1) is 5.92 Å². The van der Waals surface area contributed by atoms with Crippen molar-refractivity contribution in [3.8, 4) is 0 Å². The Morgan fingerprint density at radius 3 is 2.00 bits per heavy atom. The molecule has 0 bridgehead atoms. The molecule has 0 aromatic heterocycles. The zero-order valence-electron chi connectivity index (χ0n) is 11.3. The summed E-state index contributed by atoms with van der Waals surface area (Å²) in [5.74, 6) is 0.0252. The van der Waals surface area contributed by atoms with E-state index in [0.29, 0.717) is 0 Å². The zero-order chi connectivity index (χ0) is 13.0. The molecule has 1 aromatic carbocycles. The van der Waals surface area contributed by atoms with Crippen LogP contribution in [0.1, 0.15) is 32.3 Å². The van der Waals surface area contributed by atoms with Crippen LogP contribution in [0.2, 0.25) is 0 Å². The third-order valence-electron chi connectivity index (χ3n) is 2.82. The van der Waals surface area contributed by atoms with Crippen molar-refractivity contribution in [3.05, 3.63) is 35.9 Å². The Balaban J connectivity index is 2.89. The van der Waals surface area contributed by atoms with Gasteiger partial charge in [-0.05, 0) is 26.3 Å². The summed E-state index contributed by atoms with van der Waals surface area (Å²) >= 11 is 0. The van der Waals surface area contributed by atoms with Crippen molar-refractivity contribution in [2.24, 2.45) is 0 Å². The number of hydrogen-bond donors (Lipinski definition) is 0. The van der Waals surface area contributed by atoms with Crippen molar-refractivity contribution in [1.82, 2.24) is 10.0 Å². The monoisotopic (exact) mass is 234 g/mol. The van der Waals surface area contributed by atoms with Crippen molar-refractivity contribution >= 4 is 5.91 Å². The number of hydrazine groups is 1. The molecule has 3 nitrogen and oxygen atoms in total. The average molecular weight is 234 g/mol. The molecule has 0 heterocycles. The van der Waals surface area contributed by atoms with Gasteiger partial charge in [0.2, 0.25) is 5.91 Å². The first kappa shape index (κ1) is 13.7. The molecule has 0 saturated carbocycles. The molecule has 1 aromatic rings. The Labute approximate surface area is 104 Å². The first-order valence-corrected chi connectivity index (χ1v) is 6.00. The van der Waals surface area contributed by atoms with Crippen LogP contribution in [0.3, 0.4) is 0 Å². The largest absolute Gasteiger partial charge is 0.273 e. The van der Waals surface area contributed by atoms with Gasteiger partial charge in [0.25, 0.3) is 0 Å². The van der Waals surface area contributed by atoms with Crippen molar-refractivity contribution < 1.29 is 4.79 Å². The van der Waals surface area contributed by atoms with Gasteiger partial charge in [-0.2, -0.15) is 0 Å². The normalized spacial score (nSPS) is 12.9. The summed E-state index contributed by atoms with van der Waals surface area (Å²) < 4.78 is 0. The van der Waals surface area contributed by atoms with Crippen LogP contribution in [0.25, 0.3) is 0 Å². The van der Waals surface area contributed by atoms with Gasteiger partial charge in [-0.1, -0.05) is 30.3 Å². The lowest BCUT2D eigenvalue weighted by Crippen LogP contribution is -2.48. The molecule has 94 valence electrons. The number of carbonyl (C=O) groups excluding carboxylic acids is 1. The van der Waals surface area contributed by atoms with Crippen LogP contribution in [-0.4, -0.2) is 36.1 Å². The van der Waals surface area contributed by atoms with Gasteiger partial charge in [0, 0.05) is 20.1 Å². The lowest BCUT2D eigenvalue weighted by atomic mass is 10.00. The Hall–Kier alpha value is -1.35. The lowest BCUT2D eigenvalue weighted by Gasteiger charge is -2.34. The highest BCUT2D eigenvalue weighted by Crippen LogP contribution is 2.19. The van der Waals surface area contributed by atoms with Crippen LogP contribution in [0.4, 0.5) is 0 Å². The third-order valence-corrected chi connectivity index (χ3v) is 2.82. The minimum Gasteiger partial charge on any atom is -0.273 e. The van der Waals surface area contributed by atoms with Gasteiger partial charge in [-0.15, -0.1) is 0 Å². The van der Waals surface area contributed by atoms with Gasteiger partial charge < -0.3 is 0 Å². The van der Waals surface area contributed by atoms with E-state index in [2.05, 4.69) is 0 Å². The maximum absolute atomic E-state index is 12.4. The molecule has 0 aliphatic carbocycles. The highest BCUT2D eigenvalue weighted by molar-refractivity contribution is 5.83. The van der Waals surface area contributed by atoms with Crippen molar-refractivity contribution in [2.45, 2.75) is 32.7 Å². The second-order valence-corrected chi connectivity index (χ2v) is 4.76. The van der Waals surface area contributed by atoms with Crippen LogP contribution >= 0.6 is 0 Å². The predicted octanol–water partition coefficient (Wildman–Crippen LogP) is 2.50. The van der Waals surface area contributed by atoms with E-state index in [0.717, 1.165) is 5.56 Å². The molecule has 1 atom stereocenters. The molecule has 0 unspecified atom stereocenters. The maximum atomic E-state index is 12.4. The van der Waals surface area contributed by atoms with Crippen molar-refractivity contribution in [1.29, 1.82) is 0 Å². The Morgan fingerprint density at radius 2 is 1.59 bits per heavy atom. The second-order valence-electron chi connectivity index (χ2n) is 4.76. The number of hydrogen-bond acceptors (Lipinski definition) is 2. The molecule has 0 N–H and O–H groups in total. The van der Waals surface area contributed by atoms with Crippen LogP contribution in [0.5, 0.6) is 0 Å². The van der Waals surface area contributed by atoms with E-state index in [4.69, 9.17) is 0 Å². The Kier molecular flexibility index (Phi) is 4.70. The summed E-state index contributed by atoms with van der Waals surface area (Å²) in [6.07, 6.45) is 0. The number of benzene rings is 1. The van der Waals surface area contributed by atoms with Gasteiger partial charge in [0.15, 0.2) is 0 Å². The summed E-state index contributed by atoms with van der Waals surface area (Å²) in [5.41, 5.74) is 1.06. The average Bonchev–Trinajstić information content (AvgIpc) is 2.28. The lowest BCUT2D eigenvalue weighted by molar-refractivity contribution is -0.149. The molecule has 0 fully saturated rings. The van der Waals surface area contributed by atoms with Crippen molar-refractivity contribution in [2.75, 3.05) is 14.1 Å². The fourth-order valence-corrected chi connectivity index (χ4v) is 2.00. The van der Waals surface area contributed by atoms with E-state index >= 15 is 0 Å². The summed E-state index contributed by atoms with van der Waals surface area (Å²) in [6, 6.07) is 10.1. The van der Waals surface area contributed by atoms with E-state index in [1.807, 2.05) is 70.2 Å². The van der Waals surface area contributed by atoms with E-state index in [1.165, 1.54) is 0 Å². The minimum atomic E-state index is -0.110. The van der Waals surface area contributed by atoms with Crippen LogP contribution in [0.15, 0.2) is 30.3 Å². The second kappa shape index (κ2) is 5.82. The quantitative estimate of drug-likeness (QED) is 0.747. The number of rotatable bonds is 4. The highest BCUT2D eigenvalue weighted by atomic mass is 16.2. The standard InChI is InChI=1S/C14H22N2O/c1-11(2)16(15(4)5)14(17)12(3)13-9-7-6-8-10-13/h6-12H,1-5H3/t12-/m1/s1. The van der Waals surface area contributed by atoms with Crippen molar-refractivity contribution in [3.63, 3.8) is 0 Å². The van der Waals surface area contributed by atoms with E-state index in [1.54, 1.807) is 5.01 Å². The van der Waals surface area contributed by atoms with Gasteiger partial charge in [-0.3, -0.25) is 9.80 Å². The SMILES string of the molecule is CC(C)N(C(=O)[C@H](C)c1ccccc1)N(C)C. The van der Waals surface area contributed by atoms with Gasteiger partial charge in [-0.25, -0.2) is 5.01 Å². The fraction of sp³-hybridized carbons (Fsp3) is 0.500. The smallest absolute Gasteiger partial charge is 0.244 e. The molecule has 0 radical (unpaired) electrons. The molecule has 0 spiro atoms. The first-order valence-electron chi connectivity index (χ1n) is 6.00. The Morgan fingerprint density at radius 1 is 1.06 bits per heavy atom. The van der Waals surface area contributed by atoms with E-state index < -0.39 is 0 Å². The van der Waals surface area contributed by atoms with Crippen LogP contribution in [-0.2, 0) is 4.79 Å². The van der Waals surface area contributed by atoms with Gasteiger partial charge in [0.1, 0.15) is 0 Å². The van der Waals surface area contributed by atoms with Gasteiger partial charge >= 0.3 is 0 Å². The summed E-state index contributed by atoms with van der Waals surface area (Å²) in [5, 5.41) is 3.64. The first-order chi connectivity index (χ1) is 7.95. The molecular weight excluding hydrogens is 212 g/mol. The molecule has 0 saturated heterocycles.